The number of nitrogens with one attached hydrogen (secondary N) is 1. The Morgan fingerprint density at radius 2 is 2.21 bits per heavy atom. The van der Waals surface area contributed by atoms with Gasteiger partial charge in [0.15, 0.2) is 6.30 Å². The standard InChI is InChI=1S/C19H31FN3P/c1-3-6-14-11-17(20)22-12-15-8-4-7-13(2)19(15)23-18(21)10-5-9-16(14)24/h4,7-8,14,16-17,22H,3,5-6,9-12,24H2,1-2H3,(H2,21,23). The van der Waals surface area contributed by atoms with Crippen molar-refractivity contribution in [2.45, 2.75) is 70.9 Å². The van der Waals surface area contributed by atoms with E-state index in [1.54, 1.807) is 0 Å². The molecule has 24 heavy (non-hydrogen) atoms. The monoisotopic (exact) mass is 351 g/mol. The number of rotatable bonds is 2. The third-order valence-electron chi connectivity index (χ3n) is 4.84. The summed E-state index contributed by atoms with van der Waals surface area (Å²) in [5, 5.41) is 3.04. The molecule has 4 unspecified atom stereocenters. The van der Waals surface area contributed by atoms with Crippen LogP contribution in [0.1, 0.15) is 56.6 Å². The molecule has 1 heterocycles. The first-order chi connectivity index (χ1) is 11.5. The Morgan fingerprint density at radius 3 is 2.96 bits per heavy atom. The number of nitrogens with zero attached hydrogens (tertiary/aromatic N) is 1. The van der Waals surface area contributed by atoms with Crippen molar-refractivity contribution in [3.8, 4) is 0 Å². The lowest BCUT2D eigenvalue weighted by molar-refractivity contribution is 0.209. The Bertz CT molecular complexity index is 562. The van der Waals surface area contributed by atoms with Crippen molar-refractivity contribution in [2.24, 2.45) is 16.6 Å². The summed E-state index contributed by atoms with van der Waals surface area (Å²) in [6.45, 7) is 4.68. The van der Waals surface area contributed by atoms with Crippen molar-refractivity contribution >= 4 is 20.8 Å². The summed E-state index contributed by atoms with van der Waals surface area (Å²) >= 11 is 0. The van der Waals surface area contributed by atoms with Gasteiger partial charge in [0.2, 0.25) is 0 Å². The molecule has 1 aromatic rings. The van der Waals surface area contributed by atoms with Crippen LogP contribution in [0.15, 0.2) is 23.2 Å². The van der Waals surface area contributed by atoms with Crippen LogP contribution in [0.3, 0.4) is 0 Å². The molecule has 0 aliphatic carbocycles. The molecule has 4 atom stereocenters. The van der Waals surface area contributed by atoms with Gasteiger partial charge in [-0.05, 0) is 55.3 Å². The van der Waals surface area contributed by atoms with Crippen LogP contribution in [0, 0.1) is 12.8 Å². The minimum atomic E-state index is -0.986. The van der Waals surface area contributed by atoms with Crippen LogP contribution >= 0.6 is 9.24 Å². The van der Waals surface area contributed by atoms with Crippen LogP contribution in [-0.2, 0) is 6.54 Å². The van der Waals surface area contributed by atoms with Crippen molar-refractivity contribution in [3.05, 3.63) is 29.3 Å². The van der Waals surface area contributed by atoms with E-state index in [0.29, 0.717) is 30.4 Å². The number of hydrogen-bond acceptors (Lipinski definition) is 3. The van der Waals surface area contributed by atoms with Gasteiger partial charge in [0, 0.05) is 13.0 Å². The Balaban J connectivity index is 2.24. The number of alkyl halides is 1. The number of halogens is 1. The molecule has 2 rings (SSSR count). The molecule has 1 aromatic carbocycles. The van der Waals surface area contributed by atoms with Crippen LogP contribution in [-0.4, -0.2) is 17.8 Å². The normalized spacial score (nSPS) is 26.5. The van der Waals surface area contributed by atoms with Crippen molar-refractivity contribution in [3.63, 3.8) is 0 Å². The molecule has 0 saturated carbocycles. The molecule has 134 valence electrons. The van der Waals surface area contributed by atoms with Crippen LogP contribution in [0.25, 0.3) is 0 Å². The molecule has 1 aliphatic heterocycles. The highest BCUT2D eigenvalue weighted by atomic mass is 31.0. The molecule has 0 aromatic heterocycles. The highest BCUT2D eigenvalue weighted by molar-refractivity contribution is 7.17. The number of benzene rings is 1. The Hall–Kier alpha value is -0.990. The quantitative estimate of drug-likeness (QED) is 0.604. The topological polar surface area (TPSA) is 50.4 Å². The van der Waals surface area contributed by atoms with Gasteiger partial charge in [-0.25, -0.2) is 9.38 Å². The first-order valence-corrected chi connectivity index (χ1v) is 9.72. The summed E-state index contributed by atoms with van der Waals surface area (Å²) in [5.74, 6) is 1.06. The number of nitrogens with two attached hydrogens (primary N) is 1. The zero-order valence-corrected chi connectivity index (χ0v) is 16.0. The molecule has 0 saturated heterocycles. The molecule has 3 N–H and O–H groups in total. The molecule has 0 bridgehead atoms. The van der Waals surface area contributed by atoms with Crippen LogP contribution in [0.4, 0.5) is 10.1 Å². The van der Waals surface area contributed by atoms with Gasteiger partial charge in [-0.1, -0.05) is 31.5 Å². The van der Waals surface area contributed by atoms with Gasteiger partial charge in [-0.15, -0.1) is 9.24 Å². The van der Waals surface area contributed by atoms with E-state index in [1.165, 1.54) is 0 Å². The van der Waals surface area contributed by atoms with Crippen LogP contribution in [0.5, 0.6) is 0 Å². The van der Waals surface area contributed by atoms with Crippen LogP contribution < -0.4 is 11.1 Å². The maximum absolute atomic E-state index is 14.5. The summed E-state index contributed by atoms with van der Waals surface area (Å²) in [6, 6.07) is 6.02. The minimum Gasteiger partial charge on any atom is -0.387 e. The third-order valence-corrected chi connectivity index (χ3v) is 5.71. The van der Waals surface area contributed by atoms with Gasteiger partial charge >= 0.3 is 0 Å². The minimum absolute atomic E-state index is 0.387. The lowest BCUT2D eigenvalue weighted by Crippen LogP contribution is -2.29. The zero-order valence-electron chi connectivity index (χ0n) is 14.9. The molecule has 0 radical (unpaired) electrons. The van der Waals surface area contributed by atoms with Crippen molar-refractivity contribution in [1.82, 2.24) is 5.32 Å². The van der Waals surface area contributed by atoms with E-state index in [2.05, 4.69) is 26.5 Å². The second-order valence-corrected chi connectivity index (χ2v) is 7.73. The molecule has 5 heteroatoms. The Morgan fingerprint density at radius 1 is 1.42 bits per heavy atom. The first kappa shape index (κ1) is 19.3. The molecular weight excluding hydrogens is 320 g/mol. The Kier molecular flexibility index (Phi) is 7.64. The number of para-hydroxylation sites is 1. The van der Waals surface area contributed by atoms with Gasteiger partial charge in [0.1, 0.15) is 0 Å². The molecule has 0 fully saturated rings. The van der Waals surface area contributed by atoms with E-state index in [0.717, 1.165) is 48.9 Å². The van der Waals surface area contributed by atoms with Crippen LogP contribution in [0.2, 0.25) is 0 Å². The van der Waals surface area contributed by atoms with E-state index >= 15 is 0 Å². The average molecular weight is 351 g/mol. The fraction of sp³-hybridized carbons (Fsp3) is 0.632. The summed E-state index contributed by atoms with van der Waals surface area (Å²) in [4.78, 5) is 4.63. The first-order valence-electron chi connectivity index (χ1n) is 9.05. The lowest BCUT2D eigenvalue weighted by Gasteiger charge is -2.25. The Labute approximate surface area is 147 Å². The molecule has 3 nitrogen and oxygen atoms in total. The van der Waals surface area contributed by atoms with E-state index in [-0.39, 0.29) is 0 Å². The SMILES string of the molecule is CCCC1CC(F)NCc2cccc(C)c2N=C(N)CCCC1P. The van der Waals surface area contributed by atoms with Crippen molar-refractivity contribution in [1.29, 1.82) is 0 Å². The van der Waals surface area contributed by atoms with Gasteiger partial charge in [0.05, 0.1) is 11.5 Å². The fourth-order valence-corrected chi connectivity index (χ4v) is 4.01. The molecule has 0 amide bonds. The highest BCUT2D eigenvalue weighted by Gasteiger charge is 2.22. The number of amidine groups is 1. The third kappa shape index (κ3) is 5.53. The number of aliphatic imine (C=N–C) groups is 1. The average Bonchev–Trinajstić information content (AvgIpc) is 2.55. The number of aryl methyl sites for hydroxylation is 1. The summed E-state index contributed by atoms with van der Waals surface area (Å²) in [6.07, 6.45) is 4.57. The second kappa shape index (κ2) is 9.48. The summed E-state index contributed by atoms with van der Waals surface area (Å²) in [7, 11) is 2.93. The second-order valence-electron chi connectivity index (χ2n) is 6.87. The largest absolute Gasteiger partial charge is 0.387 e. The zero-order chi connectivity index (χ0) is 17.5. The maximum atomic E-state index is 14.5. The van der Waals surface area contributed by atoms with Gasteiger partial charge in [-0.3, -0.25) is 5.32 Å². The van der Waals surface area contributed by atoms with Gasteiger partial charge in [0.25, 0.3) is 0 Å². The van der Waals surface area contributed by atoms with Crippen molar-refractivity contribution < 1.29 is 4.39 Å². The maximum Gasteiger partial charge on any atom is 0.151 e. The van der Waals surface area contributed by atoms with Gasteiger partial charge in [-0.2, -0.15) is 0 Å². The smallest absolute Gasteiger partial charge is 0.151 e. The van der Waals surface area contributed by atoms with Gasteiger partial charge < -0.3 is 5.73 Å². The molecular formula is C19H31FN3P. The van der Waals surface area contributed by atoms with E-state index in [9.17, 15) is 4.39 Å². The summed E-state index contributed by atoms with van der Waals surface area (Å²) in [5.41, 5.74) is 9.56. The predicted molar refractivity (Wildman–Crippen MR) is 105 cm³/mol. The van der Waals surface area contributed by atoms with E-state index in [1.807, 2.05) is 25.1 Å². The summed E-state index contributed by atoms with van der Waals surface area (Å²) < 4.78 is 14.5. The van der Waals surface area contributed by atoms with E-state index < -0.39 is 6.30 Å². The number of fused-ring (bicyclic) bond motifs is 1. The fourth-order valence-electron chi connectivity index (χ4n) is 3.42. The number of hydrogen-bond donors (Lipinski definition) is 2. The molecule has 1 aliphatic rings. The highest BCUT2D eigenvalue weighted by Crippen LogP contribution is 2.30. The van der Waals surface area contributed by atoms with E-state index in [4.69, 9.17) is 5.73 Å². The predicted octanol–water partition coefficient (Wildman–Crippen LogP) is 4.60. The van der Waals surface area contributed by atoms with Crippen molar-refractivity contribution in [2.75, 3.05) is 0 Å². The molecule has 0 spiro atoms. The lowest BCUT2D eigenvalue weighted by atomic mass is 9.92.